The van der Waals surface area contributed by atoms with E-state index in [4.69, 9.17) is 0 Å². The number of hydrogen-bond donors (Lipinski definition) is 0. The van der Waals surface area contributed by atoms with Gasteiger partial charge in [-0.25, -0.2) is 4.39 Å². The molecule has 0 atom stereocenters. The first-order valence-electron chi connectivity index (χ1n) is 9.49. The first kappa shape index (κ1) is 17.4. The molecule has 4 rings (SSSR count). The molecule has 1 aromatic heterocycles. The van der Waals surface area contributed by atoms with Crippen LogP contribution in [0, 0.1) is 5.82 Å². The lowest BCUT2D eigenvalue weighted by atomic mass is 9.96. The molecule has 0 aliphatic rings. The number of nitrogens with zero attached hydrogens (tertiary/aromatic N) is 1. The van der Waals surface area contributed by atoms with Crippen molar-refractivity contribution in [1.82, 2.24) is 4.98 Å². The van der Waals surface area contributed by atoms with Gasteiger partial charge in [0.25, 0.3) is 0 Å². The third kappa shape index (κ3) is 3.61. The molecule has 0 saturated carbocycles. The summed E-state index contributed by atoms with van der Waals surface area (Å²) in [7, 11) is 0. The molecule has 0 bridgehead atoms. The SMILES string of the molecule is CCCCc1cccc(-c2cc(-c3nccc4ccccc34)ccc2F)c1. The van der Waals surface area contributed by atoms with Crippen molar-refractivity contribution in [2.24, 2.45) is 0 Å². The molecule has 0 spiro atoms. The second kappa shape index (κ2) is 7.71. The van der Waals surface area contributed by atoms with E-state index in [1.165, 1.54) is 5.56 Å². The van der Waals surface area contributed by atoms with Crippen molar-refractivity contribution in [3.8, 4) is 22.4 Å². The molecule has 0 radical (unpaired) electrons. The number of rotatable bonds is 5. The fraction of sp³-hybridized carbons (Fsp3) is 0.160. The molecule has 4 aromatic rings. The number of aromatic nitrogens is 1. The van der Waals surface area contributed by atoms with Crippen LogP contribution < -0.4 is 0 Å². The predicted octanol–water partition coefficient (Wildman–Crippen LogP) is 7.05. The highest BCUT2D eigenvalue weighted by Gasteiger charge is 2.11. The van der Waals surface area contributed by atoms with Gasteiger partial charge in [0.05, 0.1) is 5.69 Å². The number of benzene rings is 3. The van der Waals surface area contributed by atoms with E-state index < -0.39 is 0 Å². The average molecular weight is 355 g/mol. The molecule has 0 unspecified atom stereocenters. The molecule has 27 heavy (non-hydrogen) atoms. The standard InChI is InChI=1S/C25H22FN/c1-2-3-7-18-8-6-10-20(16-18)23-17-21(12-13-24(23)26)25-22-11-5-4-9-19(22)14-15-27-25/h4-6,8-17H,2-3,7H2,1H3. The Morgan fingerprint density at radius 2 is 1.74 bits per heavy atom. The van der Waals surface area contributed by atoms with E-state index in [9.17, 15) is 4.39 Å². The van der Waals surface area contributed by atoms with E-state index in [-0.39, 0.29) is 5.82 Å². The molecule has 3 aromatic carbocycles. The first-order valence-corrected chi connectivity index (χ1v) is 9.49. The van der Waals surface area contributed by atoms with Crippen LogP contribution in [0.15, 0.2) is 79.0 Å². The highest BCUT2D eigenvalue weighted by atomic mass is 19.1. The van der Waals surface area contributed by atoms with Crippen molar-refractivity contribution in [3.05, 3.63) is 90.4 Å². The zero-order valence-electron chi connectivity index (χ0n) is 15.5. The molecule has 1 nitrogen and oxygen atoms in total. The Labute approximate surface area is 159 Å². The highest BCUT2D eigenvalue weighted by molar-refractivity contribution is 5.95. The Bertz CT molecular complexity index is 1080. The summed E-state index contributed by atoms with van der Waals surface area (Å²) in [5.41, 5.74) is 4.62. The summed E-state index contributed by atoms with van der Waals surface area (Å²) >= 11 is 0. The minimum Gasteiger partial charge on any atom is -0.256 e. The van der Waals surface area contributed by atoms with Crippen LogP contribution in [-0.4, -0.2) is 4.98 Å². The fourth-order valence-corrected chi connectivity index (χ4v) is 3.52. The molecular formula is C25H22FN. The van der Waals surface area contributed by atoms with E-state index in [1.54, 1.807) is 6.07 Å². The van der Waals surface area contributed by atoms with Gasteiger partial charge in [-0.05, 0) is 53.6 Å². The predicted molar refractivity (Wildman–Crippen MR) is 111 cm³/mol. The van der Waals surface area contributed by atoms with Crippen molar-refractivity contribution in [2.45, 2.75) is 26.2 Å². The van der Waals surface area contributed by atoms with Crippen molar-refractivity contribution in [1.29, 1.82) is 0 Å². The maximum Gasteiger partial charge on any atom is 0.131 e. The van der Waals surface area contributed by atoms with Crippen LogP contribution >= 0.6 is 0 Å². The van der Waals surface area contributed by atoms with Crippen LogP contribution in [0.2, 0.25) is 0 Å². The molecule has 0 aliphatic heterocycles. The van der Waals surface area contributed by atoms with Crippen LogP contribution in [0.5, 0.6) is 0 Å². The van der Waals surface area contributed by atoms with E-state index in [1.807, 2.05) is 48.7 Å². The Morgan fingerprint density at radius 1 is 0.852 bits per heavy atom. The molecule has 0 saturated heterocycles. The first-order chi connectivity index (χ1) is 13.3. The summed E-state index contributed by atoms with van der Waals surface area (Å²) < 4.78 is 14.6. The maximum absolute atomic E-state index is 14.6. The third-order valence-electron chi connectivity index (χ3n) is 4.97. The number of unbranched alkanes of at least 4 members (excludes halogenated alkanes) is 1. The van der Waals surface area contributed by atoms with Gasteiger partial charge in [-0.2, -0.15) is 0 Å². The van der Waals surface area contributed by atoms with Crippen LogP contribution in [0.1, 0.15) is 25.3 Å². The zero-order valence-corrected chi connectivity index (χ0v) is 15.5. The number of fused-ring (bicyclic) bond motifs is 1. The van der Waals surface area contributed by atoms with E-state index >= 15 is 0 Å². The topological polar surface area (TPSA) is 12.9 Å². The highest BCUT2D eigenvalue weighted by Crippen LogP contribution is 2.32. The summed E-state index contributed by atoms with van der Waals surface area (Å²) in [6, 6.07) is 23.7. The summed E-state index contributed by atoms with van der Waals surface area (Å²) in [5.74, 6) is -0.202. The Kier molecular flexibility index (Phi) is 4.97. The smallest absolute Gasteiger partial charge is 0.131 e. The number of halogens is 1. The van der Waals surface area contributed by atoms with E-state index in [0.29, 0.717) is 5.56 Å². The van der Waals surface area contributed by atoms with Gasteiger partial charge >= 0.3 is 0 Å². The minimum atomic E-state index is -0.202. The zero-order chi connectivity index (χ0) is 18.6. The van der Waals surface area contributed by atoms with Gasteiger partial charge in [0.2, 0.25) is 0 Å². The molecular weight excluding hydrogens is 333 g/mol. The van der Waals surface area contributed by atoms with Gasteiger partial charge in [-0.15, -0.1) is 0 Å². The number of hydrogen-bond acceptors (Lipinski definition) is 1. The van der Waals surface area contributed by atoms with Gasteiger partial charge in [0, 0.05) is 22.7 Å². The molecule has 134 valence electrons. The molecule has 2 heteroatoms. The minimum absolute atomic E-state index is 0.202. The van der Waals surface area contributed by atoms with Crippen LogP contribution in [0.3, 0.4) is 0 Å². The average Bonchev–Trinajstić information content (AvgIpc) is 2.72. The number of aryl methyl sites for hydroxylation is 1. The number of pyridine rings is 1. The monoisotopic (exact) mass is 355 g/mol. The van der Waals surface area contributed by atoms with Crippen LogP contribution in [0.4, 0.5) is 4.39 Å². The summed E-state index contributed by atoms with van der Waals surface area (Å²) in [6.45, 7) is 2.18. The molecule has 0 amide bonds. The van der Waals surface area contributed by atoms with Crippen molar-refractivity contribution in [2.75, 3.05) is 0 Å². The quantitative estimate of drug-likeness (QED) is 0.374. The molecule has 1 heterocycles. The van der Waals surface area contributed by atoms with Gasteiger partial charge in [-0.1, -0.05) is 61.9 Å². The van der Waals surface area contributed by atoms with Crippen molar-refractivity contribution >= 4 is 10.8 Å². The van der Waals surface area contributed by atoms with Crippen LogP contribution in [-0.2, 0) is 6.42 Å². The van der Waals surface area contributed by atoms with Gasteiger partial charge in [0.1, 0.15) is 5.82 Å². The Morgan fingerprint density at radius 3 is 2.63 bits per heavy atom. The fourth-order valence-electron chi connectivity index (χ4n) is 3.52. The maximum atomic E-state index is 14.6. The van der Waals surface area contributed by atoms with Gasteiger partial charge < -0.3 is 0 Å². The van der Waals surface area contributed by atoms with Gasteiger partial charge in [0.15, 0.2) is 0 Å². The van der Waals surface area contributed by atoms with Crippen molar-refractivity contribution in [3.63, 3.8) is 0 Å². The second-order valence-corrected chi connectivity index (χ2v) is 6.88. The Hall–Kier alpha value is -3.00. The lowest BCUT2D eigenvalue weighted by molar-refractivity contribution is 0.631. The molecule has 0 N–H and O–H groups in total. The van der Waals surface area contributed by atoms with E-state index in [2.05, 4.69) is 36.2 Å². The largest absolute Gasteiger partial charge is 0.256 e. The van der Waals surface area contributed by atoms with Crippen LogP contribution in [0.25, 0.3) is 33.2 Å². The summed E-state index contributed by atoms with van der Waals surface area (Å²) in [4.78, 5) is 4.58. The van der Waals surface area contributed by atoms with Gasteiger partial charge in [-0.3, -0.25) is 4.98 Å². The normalized spacial score (nSPS) is 11.0. The summed E-state index contributed by atoms with van der Waals surface area (Å²) in [5, 5.41) is 2.21. The second-order valence-electron chi connectivity index (χ2n) is 6.88. The third-order valence-corrected chi connectivity index (χ3v) is 4.97. The van der Waals surface area contributed by atoms with E-state index in [0.717, 1.165) is 46.9 Å². The molecule has 0 fully saturated rings. The summed E-state index contributed by atoms with van der Waals surface area (Å²) in [6.07, 6.45) is 5.13. The lowest BCUT2D eigenvalue weighted by Crippen LogP contribution is -1.91. The lowest BCUT2D eigenvalue weighted by Gasteiger charge is -2.10. The molecule has 0 aliphatic carbocycles. The van der Waals surface area contributed by atoms with Crippen molar-refractivity contribution < 1.29 is 4.39 Å². The Balaban J connectivity index is 1.80.